The summed E-state index contributed by atoms with van der Waals surface area (Å²) >= 11 is 2.26. The molecule has 1 aromatic rings. The van der Waals surface area contributed by atoms with Crippen LogP contribution >= 0.6 is 22.6 Å². The van der Waals surface area contributed by atoms with E-state index in [1.54, 1.807) is 0 Å². The Labute approximate surface area is 87.3 Å². The topological polar surface area (TPSA) is 9.23 Å². The van der Waals surface area contributed by atoms with Crippen molar-refractivity contribution < 1.29 is 4.74 Å². The standard InChI is InChI=1S/C10H12IO/c1-2-3-8-12-10-7-5-4-6-9(10)11/h4-6H,2-3,8H2,1H3. The van der Waals surface area contributed by atoms with Gasteiger partial charge < -0.3 is 4.74 Å². The summed E-state index contributed by atoms with van der Waals surface area (Å²) in [4.78, 5) is 0. The van der Waals surface area contributed by atoms with Gasteiger partial charge in [0.25, 0.3) is 0 Å². The number of hydrogen-bond acceptors (Lipinski definition) is 1. The Kier molecular flexibility index (Phi) is 4.43. The lowest BCUT2D eigenvalue weighted by atomic mass is 10.3. The molecule has 0 N–H and O–H groups in total. The predicted octanol–water partition coefficient (Wildman–Crippen LogP) is 3.27. The zero-order chi connectivity index (χ0) is 8.81. The fraction of sp³-hybridized carbons (Fsp3) is 0.400. The first kappa shape index (κ1) is 9.84. The monoisotopic (exact) mass is 275 g/mol. The van der Waals surface area contributed by atoms with Crippen molar-refractivity contribution >= 4 is 22.6 Å². The summed E-state index contributed by atoms with van der Waals surface area (Å²) in [5, 5.41) is 0. The number of unbranched alkanes of at least 4 members (excludes halogenated alkanes) is 1. The van der Waals surface area contributed by atoms with Crippen molar-refractivity contribution in [3.05, 3.63) is 27.8 Å². The predicted molar refractivity (Wildman–Crippen MR) is 58.4 cm³/mol. The van der Waals surface area contributed by atoms with E-state index in [2.05, 4.69) is 35.6 Å². The molecule has 1 radical (unpaired) electrons. The molecule has 0 atom stereocenters. The molecule has 0 bridgehead atoms. The molecule has 0 aliphatic heterocycles. The number of ether oxygens (including phenoxy) is 1. The zero-order valence-electron chi connectivity index (χ0n) is 7.14. The lowest BCUT2D eigenvalue weighted by Gasteiger charge is -2.05. The summed E-state index contributed by atoms with van der Waals surface area (Å²) < 4.78 is 6.64. The minimum absolute atomic E-state index is 0.799. The van der Waals surface area contributed by atoms with Crippen molar-refractivity contribution in [3.63, 3.8) is 0 Å². The molecule has 0 unspecified atom stereocenters. The Morgan fingerprint density at radius 2 is 2.42 bits per heavy atom. The Bertz CT molecular complexity index is 235. The summed E-state index contributed by atoms with van der Waals surface area (Å²) in [5.41, 5.74) is 0. The third-order valence-electron chi connectivity index (χ3n) is 1.51. The second-order valence-electron chi connectivity index (χ2n) is 2.55. The third-order valence-corrected chi connectivity index (χ3v) is 2.36. The molecule has 0 spiro atoms. The van der Waals surface area contributed by atoms with Gasteiger partial charge in [0.15, 0.2) is 0 Å². The van der Waals surface area contributed by atoms with E-state index < -0.39 is 0 Å². The van der Waals surface area contributed by atoms with Crippen molar-refractivity contribution in [2.45, 2.75) is 19.8 Å². The second-order valence-corrected chi connectivity index (χ2v) is 3.71. The number of benzene rings is 1. The fourth-order valence-electron chi connectivity index (χ4n) is 0.830. The molecule has 0 amide bonds. The maximum atomic E-state index is 5.51. The van der Waals surface area contributed by atoms with Crippen molar-refractivity contribution in [3.8, 4) is 5.75 Å². The average molecular weight is 275 g/mol. The van der Waals surface area contributed by atoms with Gasteiger partial charge in [-0.3, -0.25) is 0 Å². The van der Waals surface area contributed by atoms with E-state index in [0.717, 1.165) is 22.3 Å². The van der Waals surface area contributed by atoms with Crippen LogP contribution in [0.25, 0.3) is 0 Å². The zero-order valence-corrected chi connectivity index (χ0v) is 9.30. The minimum atomic E-state index is 0.799. The summed E-state index contributed by atoms with van der Waals surface area (Å²) in [6.45, 7) is 2.95. The van der Waals surface area contributed by atoms with E-state index in [4.69, 9.17) is 4.74 Å². The largest absolute Gasteiger partial charge is 0.492 e. The molecular formula is C10H12IO. The van der Waals surface area contributed by atoms with Crippen LogP contribution in [0.15, 0.2) is 18.2 Å². The first-order chi connectivity index (χ1) is 5.84. The SMILES string of the molecule is CCCCOc1[c]cccc1I. The molecule has 0 fully saturated rings. The Morgan fingerprint density at radius 3 is 3.08 bits per heavy atom. The number of para-hydroxylation sites is 1. The van der Waals surface area contributed by atoms with Crippen LogP contribution in [0.1, 0.15) is 19.8 Å². The lowest BCUT2D eigenvalue weighted by molar-refractivity contribution is 0.306. The van der Waals surface area contributed by atoms with E-state index in [9.17, 15) is 0 Å². The van der Waals surface area contributed by atoms with Gasteiger partial charge in [0.1, 0.15) is 5.75 Å². The van der Waals surface area contributed by atoms with Crippen LogP contribution in [0.5, 0.6) is 5.75 Å². The Hall–Kier alpha value is -0.250. The van der Waals surface area contributed by atoms with Gasteiger partial charge in [-0.15, -0.1) is 0 Å². The fourth-order valence-corrected chi connectivity index (χ4v) is 1.35. The highest BCUT2D eigenvalue weighted by atomic mass is 127. The lowest BCUT2D eigenvalue weighted by Crippen LogP contribution is -1.97. The van der Waals surface area contributed by atoms with Gasteiger partial charge in [-0.05, 0) is 35.1 Å². The van der Waals surface area contributed by atoms with Gasteiger partial charge in [-0.1, -0.05) is 25.5 Å². The number of halogens is 1. The number of rotatable bonds is 4. The quantitative estimate of drug-likeness (QED) is 0.605. The molecule has 0 aromatic heterocycles. The highest BCUT2D eigenvalue weighted by Crippen LogP contribution is 2.18. The molecule has 2 heteroatoms. The van der Waals surface area contributed by atoms with Crippen LogP contribution in [0.4, 0.5) is 0 Å². The molecule has 0 saturated carbocycles. The number of hydrogen-bond donors (Lipinski definition) is 0. The van der Waals surface area contributed by atoms with E-state index in [-0.39, 0.29) is 0 Å². The van der Waals surface area contributed by atoms with Gasteiger partial charge in [-0.25, -0.2) is 0 Å². The summed E-state index contributed by atoms with van der Waals surface area (Å²) in [6, 6.07) is 8.94. The summed E-state index contributed by atoms with van der Waals surface area (Å²) in [7, 11) is 0. The molecule has 65 valence electrons. The molecular weight excluding hydrogens is 263 g/mol. The van der Waals surface area contributed by atoms with Gasteiger partial charge in [0.05, 0.1) is 10.2 Å². The van der Waals surface area contributed by atoms with Gasteiger partial charge >= 0.3 is 0 Å². The van der Waals surface area contributed by atoms with Crippen LogP contribution in [-0.4, -0.2) is 6.61 Å². The Balaban J connectivity index is 2.46. The molecule has 0 saturated heterocycles. The summed E-state index contributed by atoms with van der Waals surface area (Å²) in [5.74, 6) is 0.881. The van der Waals surface area contributed by atoms with Crippen molar-refractivity contribution in [1.82, 2.24) is 0 Å². The second kappa shape index (κ2) is 5.41. The van der Waals surface area contributed by atoms with Gasteiger partial charge in [0.2, 0.25) is 0 Å². The maximum absolute atomic E-state index is 5.51. The first-order valence-corrected chi connectivity index (χ1v) is 5.21. The maximum Gasteiger partial charge on any atom is 0.140 e. The summed E-state index contributed by atoms with van der Waals surface area (Å²) in [6.07, 6.45) is 2.28. The van der Waals surface area contributed by atoms with Crippen LogP contribution in [-0.2, 0) is 0 Å². The van der Waals surface area contributed by atoms with Crippen molar-refractivity contribution in [2.24, 2.45) is 0 Å². The molecule has 0 aliphatic carbocycles. The molecule has 1 aromatic carbocycles. The molecule has 1 nitrogen and oxygen atoms in total. The highest BCUT2D eigenvalue weighted by molar-refractivity contribution is 14.1. The highest BCUT2D eigenvalue weighted by Gasteiger charge is 1.97. The normalized spacial score (nSPS) is 9.83. The molecule has 0 heterocycles. The van der Waals surface area contributed by atoms with E-state index in [1.165, 1.54) is 6.42 Å². The van der Waals surface area contributed by atoms with E-state index >= 15 is 0 Å². The van der Waals surface area contributed by atoms with Crippen LogP contribution < -0.4 is 4.74 Å². The van der Waals surface area contributed by atoms with Crippen LogP contribution in [0.2, 0.25) is 0 Å². The van der Waals surface area contributed by atoms with E-state index in [1.807, 2.05) is 18.2 Å². The van der Waals surface area contributed by atoms with Crippen molar-refractivity contribution in [1.29, 1.82) is 0 Å². The Morgan fingerprint density at radius 1 is 1.58 bits per heavy atom. The van der Waals surface area contributed by atoms with Crippen LogP contribution in [0.3, 0.4) is 0 Å². The van der Waals surface area contributed by atoms with Gasteiger partial charge in [0, 0.05) is 6.07 Å². The van der Waals surface area contributed by atoms with Gasteiger partial charge in [-0.2, -0.15) is 0 Å². The molecule has 12 heavy (non-hydrogen) atoms. The molecule has 1 rings (SSSR count). The third kappa shape index (κ3) is 3.01. The molecule has 0 aliphatic rings. The first-order valence-electron chi connectivity index (χ1n) is 4.13. The van der Waals surface area contributed by atoms with Crippen molar-refractivity contribution in [2.75, 3.05) is 6.61 Å². The average Bonchev–Trinajstić information content (AvgIpc) is 2.09. The minimum Gasteiger partial charge on any atom is -0.492 e. The van der Waals surface area contributed by atoms with Crippen LogP contribution in [0, 0.1) is 9.64 Å². The van der Waals surface area contributed by atoms with E-state index in [0.29, 0.717) is 0 Å². The smallest absolute Gasteiger partial charge is 0.140 e.